The van der Waals surface area contributed by atoms with Crippen LogP contribution in [0.5, 0.6) is 5.75 Å². The number of hydrogen-bond acceptors (Lipinski definition) is 4. The molecule has 0 bridgehead atoms. The molecule has 0 saturated carbocycles. The summed E-state index contributed by atoms with van der Waals surface area (Å²) in [6.07, 6.45) is 2.76. The molecule has 0 N–H and O–H groups in total. The minimum Gasteiger partial charge on any atom is -0.496 e. The van der Waals surface area contributed by atoms with E-state index in [1.165, 1.54) is 31.4 Å². The molecule has 3 rings (SSSR count). The summed E-state index contributed by atoms with van der Waals surface area (Å²) in [5, 5.41) is 4.26. The highest BCUT2D eigenvalue weighted by Gasteiger charge is 2.16. The number of sulfone groups is 1. The monoisotopic (exact) mass is 346 g/mol. The average Bonchev–Trinajstić information content (AvgIpc) is 3.03. The number of ether oxygens (including phenoxy) is 1. The number of methoxy groups -OCH3 is 1. The third kappa shape index (κ3) is 3.03. The third-order valence-electron chi connectivity index (χ3n) is 3.59. The fraction of sp³-hybridized carbons (Fsp3) is 0.118. The van der Waals surface area contributed by atoms with Crippen LogP contribution in [0, 0.1) is 5.82 Å². The van der Waals surface area contributed by atoms with E-state index in [0.29, 0.717) is 22.7 Å². The predicted octanol–water partition coefficient (Wildman–Crippen LogP) is 3.09. The molecule has 0 unspecified atom stereocenters. The van der Waals surface area contributed by atoms with Crippen molar-refractivity contribution in [2.24, 2.45) is 0 Å². The van der Waals surface area contributed by atoms with Crippen LogP contribution in [-0.4, -0.2) is 31.6 Å². The minimum absolute atomic E-state index is 0.177. The Morgan fingerprint density at radius 2 is 1.79 bits per heavy atom. The van der Waals surface area contributed by atoms with Crippen LogP contribution in [0.4, 0.5) is 4.39 Å². The number of rotatable bonds is 4. The van der Waals surface area contributed by atoms with E-state index in [1.807, 2.05) is 0 Å². The Morgan fingerprint density at radius 1 is 1.08 bits per heavy atom. The molecule has 0 aliphatic heterocycles. The SMILES string of the molecule is COc1cc(S(C)(=O)=O)ccc1-c1ccnn1-c1ccc(F)cc1. The van der Waals surface area contributed by atoms with Crippen molar-refractivity contribution in [2.45, 2.75) is 4.90 Å². The van der Waals surface area contributed by atoms with Gasteiger partial charge in [0.05, 0.1) is 29.6 Å². The third-order valence-corrected chi connectivity index (χ3v) is 4.70. The lowest BCUT2D eigenvalue weighted by Crippen LogP contribution is -2.02. The number of aromatic nitrogens is 2. The zero-order chi connectivity index (χ0) is 17.3. The van der Waals surface area contributed by atoms with Crippen molar-refractivity contribution >= 4 is 9.84 Å². The molecule has 0 aliphatic carbocycles. The van der Waals surface area contributed by atoms with Gasteiger partial charge in [-0.3, -0.25) is 0 Å². The first-order valence-corrected chi connectivity index (χ1v) is 8.98. The maximum absolute atomic E-state index is 13.1. The van der Waals surface area contributed by atoms with Gasteiger partial charge in [-0.2, -0.15) is 5.10 Å². The largest absolute Gasteiger partial charge is 0.496 e. The standard InChI is InChI=1S/C17H15FN2O3S/c1-23-17-11-14(24(2,21)22)7-8-15(17)16-9-10-19-20(16)13-5-3-12(18)4-6-13/h3-11H,1-2H3. The Morgan fingerprint density at radius 3 is 2.42 bits per heavy atom. The highest BCUT2D eigenvalue weighted by molar-refractivity contribution is 7.90. The highest BCUT2D eigenvalue weighted by Crippen LogP contribution is 2.33. The molecule has 1 heterocycles. The van der Waals surface area contributed by atoms with Crippen molar-refractivity contribution in [3.05, 3.63) is 60.5 Å². The fourth-order valence-electron chi connectivity index (χ4n) is 2.41. The molecule has 124 valence electrons. The van der Waals surface area contributed by atoms with Gasteiger partial charge in [0.1, 0.15) is 11.6 Å². The molecule has 24 heavy (non-hydrogen) atoms. The lowest BCUT2D eigenvalue weighted by atomic mass is 10.1. The molecular weight excluding hydrogens is 331 g/mol. The Labute approximate surface area is 139 Å². The fourth-order valence-corrected chi connectivity index (χ4v) is 3.05. The Kier molecular flexibility index (Phi) is 4.11. The lowest BCUT2D eigenvalue weighted by molar-refractivity contribution is 0.415. The van der Waals surface area contributed by atoms with E-state index in [9.17, 15) is 12.8 Å². The smallest absolute Gasteiger partial charge is 0.175 e. The molecule has 5 nitrogen and oxygen atoms in total. The van der Waals surface area contributed by atoms with Crippen molar-refractivity contribution in [3.8, 4) is 22.7 Å². The number of halogens is 1. The van der Waals surface area contributed by atoms with Crippen LogP contribution in [0.2, 0.25) is 0 Å². The molecule has 0 radical (unpaired) electrons. The van der Waals surface area contributed by atoms with Crippen LogP contribution < -0.4 is 4.74 Å². The van der Waals surface area contributed by atoms with Crippen molar-refractivity contribution in [2.75, 3.05) is 13.4 Å². The second-order valence-electron chi connectivity index (χ2n) is 5.24. The van der Waals surface area contributed by atoms with Crippen LogP contribution in [0.3, 0.4) is 0 Å². The Bertz CT molecular complexity index is 979. The van der Waals surface area contributed by atoms with Crippen LogP contribution in [0.25, 0.3) is 16.9 Å². The molecular formula is C17H15FN2O3S. The zero-order valence-electron chi connectivity index (χ0n) is 13.1. The number of hydrogen-bond donors (Lipinski definition) is 0. The molecule has 0 atom stereocenters. The summed E-state index contributed by atoms with van der Waals surface area (Å²) in [4.78, 5) is 0.177. The topological polar surface area (TPSA) is 61.2 Å². The van der Waals surface area contributed by atoms with Gasteiger partial charge in [-0.1, -0.05) is 0 Å². The summed E-state index contributed by atoms with van der Waals surface area (Å²) in [6, 6.07) is 12.4. The second kappa shape index (κ2) is 6.09. The van der Waals surface area contributed by atoms with E-state index in [2.05, 4.69) is 5.10 Å². The number of nitrogens with zero attached hydrogens (tertiary/aromatic N) is 2. The maximum atomic E-state index is 13.1. The van der Waals surface area contributed by atoms with Crippen LogP contribution in [0.15, 0.2) is 59.6 Å². The van der Waals surface area contributed by atoms with Gasteiger partial charge in [0.25, 0.3) is 0 Å². The quantitative estimate of drug-likeness (QED) is 0.728. The predicted molar refractivity (Wildman–Crippen MR) is 88.6 cm³/mol. The molecule has 2 aromatic carbocycles. The van der Waals surface area contributed by atoms with Crippen molar-refractivity contribution < 1.29 is 17.5 Å². The van der Waals surface area contributed by atoms with Crippen molar-refractivity contribution in [1.29, 1.82) is 0 Å². The summed E-state index contributed by atoms with van der Waals surface area (Å²) in [5.41, 5.74) is 2.08. The van der Waals surface area contributed by atoms with Gasteiger partial charge < -0.3 is 4.74 Å². The van der Waals surface area contributed by atoms with E-state index < -0.39 is 9.84 Å². The summed E-state index contributed by atoms with van der Waals surface area (Å²) in [6.45, 7) is 0. The minimum atomic E-state index is -3.33. The first-order valence-electron chi connectivity index (χ1n) is 7.08. The molecule has 0 aliphatic rings. The van der Waals surface area contributed by atoms with Gasteiger partial charge in [0.15, 0.2) is 9.84 Å². The van der Waals surface area contributed by atoms with Gasteiger partial charge in [-0.25, -0.2) is 17.5 Å². The van der Waals surface area contributed by atoms with Crippen molar-refractivity contribution in [1.82, 2.24) is 9.78 Å². The van der Waals surface area contributed by atoms with Crippen LogP contribution in [0.1, 0.15) is 0 Å². The molecule has 0 fully saturated rings. The number of benzene rings is 2. The Hall–Kier alpha value is -2.67. The van der Waals surface area contributed by atoms with E-state index in [0.717, 1.165) is 6.26 Å². The summed E-state index contributed by atoms with van der Waals surface area (Å²) < 4.78 is 43.5. The second-order valence-corrected chi connectivity index (χ2v) is 7.25. The van der Waals surface area contributed by atoms with E-state index in [-0.39, 0.29) is 10.7 Å². The summed E-state index contributed by atoms with van der Waals surface area (Å²) in [7, 11) is -1.86. The molecule has 3 aromatic rings. The normalized spacial score (nSPS) is 11.5. The lowest BCUT2D eigenvalue weighted by Gasteiger charge is -2.12. The van der Waals surface area contributed by atoms with Crippen molar-refractivity contribution in [3.63, 3.8) is 0 Å². The van der Waals surface area contributed by atoms with Gasteiger partial charge in [-0.15, -0.1) is 0 Å². The zero-order valence-corrected chi connectivity index (χ0v) is 13.9. The van der Waals surface area contributed by atoms with E-state index in [4.69, 9.17) is 4.74 Å². The van der Waals surface area contributed by atoms with Gasteiger partial charge in [-0.05, 0) is 48.5 Å². The van der Waals surface area contributed by atoms with Gasteiger partial charge >= 0.3 is 0 Å². The van der Waals surface area contributed by atoms with Crippen LogP contribution in [-0.2, 0) is 9.84 Å². The molecule has 1 aromatic heterocycles. The van der Waals surface area contributed by atoms with Gasteiger partial charge in [0, 0.05) is 11.8 Å². The maximum Gasteiger partial charge on any atom is 0.175 e. The molecule has 0 saturated heterocycles. The first kappa shape index (κ1) is 16.2. The van der Waals surface area contributed by atoms with E-state index in [1.54, 1.807) is 35.1 Å². The van der Waals surface area contributed by atoms with Crippen LogP contribution >= 0.6 is 0 Å². The molecule has 0 amide bonds. The first-order chi connectivity index (χ1) is 11.4. The molecule has 7 heteroatoms. The summed E-state index contributed by atoms with van der Waals surface area (Å²) in [5.74, 6) is 0.0873. The van der Waals surface area contributed by atoms with E-state index >= 15 is 0 Å². The average molecular weight is 346 g/mol. The summed E-state index contributed by atoms with van der Waals surface area (Å²) >= 11 is 0. The Balaban J connectivity index is 2.14. The van der Waals surface area contributed by atoms with Gasteiger partial charge in [0.2, 0.25) is 0 Å². The molecule has 0 spiro atoms. The highest BCUT2D eigenvalue weighted by atomic mass is 32.2.